The van der Waals surface area contributed by atoms with Gasteiger partial charge < -0.3 is 4.74 Å². The molecule has 2 aromatic rings. The number of rotatable bonds is 5. The van der Waals surface area contributed by atoms with Crippen LogP contribution in [0.15, 0.2) is 65.8 Å². The van der Waals surface area contributed by atoms with Crippen LogP contribution in [0.4, 0.5) is 0 Å². The topological polar surface area (TPSA) is 50.7 Å². The number of hydrogen-bond donors (Lipinski definition) is 1. The summed E-state index contributed by atoms with van der Waals surface area (Å²) in [6.45, 7) is 1.68. The summed E-state index contributed by atoms with van der Waals surface area (Å²) in [6.07, 6.45) is 0.984. The van der Waals surface area contributed by atoms with E-state index in [1.165, 1.54) is 0 Å². The minimum absolute atomic E-state index is 0.291. The highest BCUT2D eigenvalue weighted by atomic mass is 16.5. The van der Waals surface area contributed by atoms with Gasteiger partial charge in [-0.15, -0.1) is 0 Å². The van der Waals surface area contributed by atoms with Crippen LogP contribution in [0.2, 0.25) is 0 Å². The fraction of sp³-hybridized carbons (Fsp3) is 0.125. The predicted octanol–water partition coefficient (Wildman–Crippen LogP) is 2.60. The molecule has 0 aromatic heterocycles. The Bertz CT molecular complexity index is 568. The van der Waals surface area contributed by atoms with E-state index in [1.54, 1.807) is 25.3 Å². The molecule has 2 aromatic carbocycles. The summed E-state index contributed by atoms with van der Waals surface area (Å²) in [7, 11) is 0. The molecule has 0 aliphatic rings. The largest absolute Gasteiger partial charge is 0.481 e. The van der Waals surface area contributed by atoms with Crippen molar-refractivity contribution in [3.05, 3.63) is 66.2 Å². The molecule has 0 bridgehead atoms. The van der Waals surface area contributed by atoms with Crippen molar-refractivity contribution < 1.29 is 9.53 Å². The van der Waals surface area contributed by atoms with E-state index >= 15 is 0 Å². The van der Waals surface area contributed by atoms with Crippen LogP contribution in [-0.2, 0) is 4.79 Å². The Morgan fingerprint density at radius 2 is 1.70 bits per heavy atom. The van der Waals surface area contributed by atoms with Gasteiger partial charge in [-0.1, -0.05) is 48.5 Å². The van der Waals surface area contributed by atoms with Gasteiger partial charge in [-0.2, -0.15) is 5.10 Å². The molecule has 0 aliphatic carbocycles. The Kier molecular flexibility index (Phi) is 4.89. The van der Waals surface area contributed by atoms with E-state index in [9.17, 15) is 4.79 Å². The van der Waals surface area contributed by atoms with Crippen molar-refractivity contribution in [3.63, 3.8) is 0 Å². The first-order valence-electron chi connectivity index (χ1n) is 6.35. The summed E-state index contributed by atoms with van der Waals surface area (Å²) in [5.74, 6) is 0.364. The number of amides is 1. The first-order chi connectivity index (χ1) is 9.75. The van der Waals surface area contributed by atoms with Gasteiger partial charge in [0.05, 0.1) is 6.21 Å². The summed E-state index contributed by atoms with van der Waals surface area (Å²) < 4.78 is 5.49. The van der Waals surface area contributed by atoms with Crippen molar-refractivity contribution >= 4 is 12.1 Å². The Morgan fingerprint density at radius 3 is 2.35 bits per heavy atom. The second kappa shape index (κ2) is 7.09. The lowest BCUT2D eigenvalue weighted by Crippen LogP contribution is -2.33. The highest BCUT2D eigenvalue weighted by Gasteiger charge is 2.13. The van der Waals surface area contributed by atoms with Gasteiger partial charge in [0.1, 0.15) is 5.75 Å². The minimum Gasteiger partial charge on any atom is -0.481 e. The van der Waals surface area contributed by atoms with E-state index in [1.807, 2.05) is 48.5 Å². The average molecular weight is 268 g/mol. The van der Waals surface area contributed by atoms with E-state index in [4.69, 9.17) is 4.74 Å². The first kappa shape index (κ1) is 13.8. The van der Waals surface area contributed by atoms with Crippen molar-refractivity contribution in [3.8, 4) is 5.75 Å². The van der Waals surface area contributed by atoms with Crippen LogP contribution >= 0.6 is 0 Å². The summed E-state index contributed by atoms with van der Waals surface area (Å²) in [4.78, 5) is 11.8. The lowest BCUT2D eigenvalue weighted by molar-refractivity contribution is -0.127. The molecular weight excluding hydrogens is 252 g/mol. The van der Waals surface area contributed by atoms with Crippen LogP contribution in [-0.4, -0.2) is 18.2 Å². The normalized spacial score (nSPS) is 12.1. The van der Waals surface area contributed by atoms with Crippen LogP contribution in [0.3, 0.4) is 0 Å². The maximum absolute atomic E-state index is 11.8. The lowest BCUT2D eigenvalue weighted by atomic mass is 10.2. The Labute approximate surface area is 118 Å². The Balaban J connectivity index is 1.84. The van der Waals surface area contributed by atoms with E-state index in [0.29, 0.717) is 5.75 Å². The van der Waals surface area contributed by atoms with Gasteiger partial charge in [0.15, 0.2) is 6.10 Å². The lowest BCUT2D eigenvalue weighted by Gasteiger charge is -2.12. The van der Waals surface area contributed by atoms with Crippen LogP contribution in [0, 0.1) is 0 Å². The SMILES string of the molecule is CC(Oc1ccccc1)C(=O)NN=Cc1ccccc1. The molecular formula is C16H16N2O2. The predicted molar refractivity (Wildman–Crippen MR) is 78.7 cm³/mol. The third-order valence-electron chi connectivity index (χ3n) is 2.61. The molecule has 1 amide bonds. The number of hydrazone groups is 1. The van der Waals surface area contributed by atoms with E-state index < -0.39 is 6.10 Å². The number of para-hydroxylation sites is 1. The number of nitrogens with zero attached hydrogens (tertiary/aromatic N) is 1. The molecule has 1 N–H and O–H groups in total. The molecule has 0 heterocycles. The van der Waals surface area contributed by atoms with E-state index in [0.717, 1.165) is 5.56 Å². The smallest absolute Gasteiger partial charge is 0.280 e. The minimum atomic E-state index is -0.606. The Morgan fingerprint density at radius 1 is 1.10 bits per heavy atom. The quantitative estimate of drug-likeness (QED) is 0.669. The molecule has 20 heavy (non-hydrogen) atoms. The van der Waals surface area contributed by atoms with Gasteiger partial charge in [-0.25, -0.2) is 5.43 Å². The summed E-state index contributed by atoms with van der Waals surface area (Å²) >= 11 is 0. The van der Waals surface area contributed by atoms with Gasteiger partial charge in [0.2, 0.25) is 0 Å². The number of benzene rings is 2. The molecule has 0 spiro atoms. The third-order valence-corrected chi connectivity index (χ3v) is 2.61. The van der Waals surface area contributed by atoms with Gasteiger partial charge in [0, 0.05) is 0 Å². The maximum atomic E-state index is 11.8. The number of hydrogen-bond acceptors (Lipinski definition) is 3. The molecule has 1 unspecified atom stereocenters. The van der Waals surface area contributed by atoms with E-state index in [-0.39, 0.29) is 5.91 Å². The monoisotopic (exact) mass is 268 g/mol. The van der Waals surface area contributed by atoms with Gasteiger partial charge in [0.25, 0.3) is 5.91 Å². The standard InChI is InChI=1S/C16H16N2O2/c1-13(20-15-10-6-3-7-11-15)16(19)18-17-12-14-8-4-2-5-9-14/h2-13H,1H3,(H,18,19). The second-order valence-electron chi connectivity index (χ2n) is 4.22. The fourth-order valence-electron chi connectivity index (χ4n) is 1.56. The van der Waals surface area contributed by atoms with Crippen LogP contribution < -0.4 is 10.2 Å². The first-order valence-corrected chi connectivity index (χ1v) is 6.35. The number of carbonyl (C=O) groups is 1. The number of carbonyl (C=O) groups excluding carboxylic acids is 1. The molecule has 0 saturated carbocycles. The molecule has 0 aliphatic heterocycles. The zero-order valence-corrected chi connectivity index (χ0v) is 11.2. The van der Waals surface area contributed by atoms with Crippen molar-refractivity contribution in [1.82, 2.24) is 5.43 Å². The summed E-state index contributed by atoms with van der Waals surface area (Å²) in [5, 5.41) is 3.90. The molecule has 102 valence electrons. The molecule has 2 rings (SSSR count). The highest BCUT2D eigenvalue weighted by Crippen LogP contribution is 2.10. The highest BCUT2D eigenvalue weighted by molar-refractivity contribution is 5.84. The van der Waals surface area contributed by atoms with Crippen molar-refractivity contribution in [1.29, 1.82) is 0 Å². The van der Waals surface area contributed by atoms with Gasteiger partial charge in [-0.05, 0) is 24.6 Å². The van der Waals surface area contributed by atoms with E-state index in [2.05, 4.69) is 10.5 Å². The zero-order valence-electron chi connectivity index (χ0n) is 11.2. The fourth-order valence-corrected chi connectivity index (χ4v) is 1.56. The Hall–Kier alpha value is -2.62. The van der Waals surface area contributed by atoms with Gasteiger partial charge >= 0.3 is 0 Å². The van der Waals surface area contributed by atoms with Crippen molar-refractivity contribution in [2.24, 2.45) is 5.10 Å². The summed E-state index contributed by atoms with van der Waals surface area (Å²) in [5.41, 5.74) is 3.38. The molecule has 0 fully saturated rings. The van der Waals surface area contributed by atoms with Gasteiger partial charge in [-0.3, -0.25) is 4.79 Å². The second-order valence-corrected chi connectivity index (χ2v) is 4.22. The molecule has 4 nitrogen and oxygen atoms in total. The zero-order chi connectivity index (χ0) is 14.2. The van der Waals surface area contributed by atoms with Crippen LogP contribution in [0.5, 0.6) is 5.75 Å². The number of nitrogens with one attached hydrogen (secondary N) is 1. The molecule has 4 heteroatoms. The molecule has 0 saturated heterocycles. The maximum Gasteiger partial charge on any atom is 0.280 e. The number of ether oxygens (including phenoxy) is 1. The van der Waals surface area contributed by atoms with Crippen molar-refractivity contribution in [2.75, 3.05) is 0 Å². The molecule has 1 atom stereocenters. The summed E-state index contributed by atoms with van der Waals surface area (Å²) in [6, 6.07) is 18.7. The van der Waals surface area contributed by atoms with Crippen LogP contribution in [0.1, 0.15) is 12.5 Å². The average Bonchev–Trinajstić information content (AvgIpc) is 2.49. The third kappa shape index (κ3) is 4.24. The van der Waals surface area contributed by atoms with Crippen LogP contribution in [0.25, 0.3) is 0 Å². The molecule has 0 radical (unpaired) electrons. The van der Waals surface area contributed by atoms with Crippen molar-refractivity contribution in [2.45, 2.75) is 13.0 Å².